The zero-order valence-electron chi connectivity index (χ0n) is 14.7. The van der Waals surface area contributed by atoms with Gasteiger partial charge in [0.25, 0.3) is 0 Å². The molecule has 0 fully saturated rings. The number of carbonyl (C=O) groups is 1. The van der Waals surface area contributed by atoms with E-state index >= 15 is 0 Å². The summed E-state index contributed by atoms with van der Waals surface area (Å²) in [6, 6.07) is 12.1. The molecule has 0 atom stereocenters. The number of rotatable bonds is 6. The van der Waals surface area contributed by atoms with Crippen LogP contribution in [-0.4, -0.2) is 44.1 Å². The predicted molar refractivity (Wildman–Crippen MR) is 104 cm³/mol. The molecular formula is C18H19N3O3S2. The van der Waals surface area contributed by atoms with Gasteiger partial charge in [0.05, 0.1) is 21.7 Å². The second-order valence-corrected chi connectivity index (χ2v) is 9.26. The van der Waals surface area contributed by atoms with Crippen molar-refractivity contribution in [1.82, 2.24) is 9.29 Å². The lowest BCUT2D eigenvalue weighted by Crippen LogP contribution is -2.22. The number of hydrogen-bond acceptors (Lipinski definition) is 6. The van der Waals surface area contributed by atoms with E-state index in [4.69, 9.17) is 0 Å². The molecular weight excluding hydrogens is 370 g/mol. The van der Waals surface area contributed by atoms with Crippen molar-refractivity contribution >= 4 is 42.5 Å². The number of hydrogen-bond donors (Lipinski definition) is 1. The number of Topliss-reactive ketones (excluding diaryl/α,β-unsaturated/α-hetero) is 1. The number of aryl methyl sites for hydroxylation is 1. The molecule has 0 spiro atoms. The van der Waals surface area contributed by atoms with Crippen LogP contribution in [-0.2, 0) is 10.0 Å². The minimum Gasteiger partial charge on any atom is -0.354 e. The first kappa shape index (κ1) is 18.5. The number of thiazole rings is 1. The van der Waals surface area contributed by atoms with Gasteiger partial charge in [0.2, 0.25) is 10.0 Å². The summed E-state index contributed by atoms with van der Waals surface area (Å²) in [4.78, 5) is 17.0. The van der Waals surface area contributed by atoms with Crippen LogP contribution in [0.3, 0.4) is 0 Å². The fourth-order valence-corrected chi connectivity index (χ4v) is 4.31. The Morgan fingerprint density at radius 1 is 1.19 bits per heavy atom. The maximum atomic E-state index is 12.4. The molecule has 136 valence electrons. The van der Waals surface area contributed by atoms with Crippen molar-refractivity contribution in [2.45, 2.75) is 11.8 Å². The summed E-state index contributed by atoms with van der Waals surface area (Å²) < 4.78 is 26.6. The van der Waals surface area contributed by atoms with Crippen molar-refractivity contribution in [3.8, 4) is 0 Å². The molecule has 0 radical (unpaired) electrons. The number of nitrogens with zero attached hydrogens (tertiary/aromatic N) is 2. The van der Waals surface area contributed by atoms with Crippen molar-refractivity contribution in [2.24, 2.45) is 0 Å². The van der Waals surface area contributed by atoms with Crippen LogP contribution in [0.2, 0.25) is 0 Å². The molecule has 1 N–H and O–H groups in total. The van der Waals surface area contributed by atoms with Crippen LogP contribution in [0, 0.1) is 6.92 Å². The summed E-state index contributed by atoms with van der Waals surface area (Å²) in [6.45, 7) is 2.06. The molecule has 0 aliphatic carbocycles. The Labute approximate surface area is 156 Å². The van der Waals surface area contributed by atoms with Gasteiger partial charge >= 0.3 is 0 Å². The predicted octanol–water partition coefficient (Wildman–Crippen LogP) is 3.15. The summed E-state index contributed by atoms with van der Waals surface area (Å²) >= 11 is 1.48. The average molecular weight is 390 g/mol. The number of fused-ring (bicyclic) bond motifs is 1. The number of anilines is 1. The van der Waals surface area contributed by atoms with Gasteiger partial charge in [-0.1, -0.05) is 29.5 Å². The van der Waals surface area contributed by atoms with Crippen LogP contribution in [0.5, 0.6) is 0 Å². The number of benzene rings is 2. The Hall–Kier alpha value is -2.29. The standard InChI is InChI=1S/C18H19N3O3S2/c1-12-7-8-15-17(9-12)25-18(20-15)19-11-16(22)13-5-4-6-14(10-13)26(23,24)21(2)3/h4-10H,11H2,1-3H3,(H,19,20). The molecule has 0 saturated heterocycles. The molecule has 0 saturated carbocycles. The fraction of sp³-hybridized carbons (Fsp3) is 0.222. The summed E-state index contributed by atoms with van der Waals surface area (Å²) in [5, 5.41) is 3.69. The first-order valence-corrected chi connectivity index (χ1v) is 10.2. The van der Waals surface area contributed by atoms with Crippen molar-refractivity contribution < 1.29 is 13.2 Å². The first-order chi connectivity index (χ1) is 12.3. The van der Waals surface area contributed by atoms with E-state index in [1.165, 1.54) is 37.6 Å². The summed E-state index contributed by atoms with van der Waals surface area (Å²) in [5.74, 6) is -0.198. The lowest BCUT2D eigenvalue weighted by Gasteiger charge is -2.12. The highest BCUT2D eigenvalue weighted by Gasteiger charge is 2.18. The molecule has 0 bridgehead atoms. The van der Waals surface area contributed by atoms with E-state index in [1.807, 2.05) is 19.1 Å². The molecule has 6 nitrogen and oxygen atoms in total. The van der Waals surface area contributed by atoms with Gasteiger partial charge in [-0.3, -0.25) is 4.79 Å². The molecule has 3 aromatic rings. The van der Waals surface area contributed by atoms with Gasteiger partial charge in [0, 0.05) is 19.7 Å². The van der Waals surface area contributed by atoms with Gasteiger partial charge in [0.15, 0.2) is 10.9 Å². The SMILES string of the molecule is Cc1ccc2nc(NCC(=O)c3cccc(S(=O)(=O)N(C)C)c3)sc2c1. The van der Waals surface area contributed by atoms with E-state index in [-0.39, 0.29) is 17.2 Å². The molecule has 0 unspecified atom stereocenters. The smallest absolute Gasteiger partial charge is 0.242 e. The van der Waals surface area contributed by atoms with Crippen LogP contribution in [0.15, 0.2) is 47.4 Å². The maximum absolute atomic E-state index is 12.4. The molecule has 0 aliphatic rings. The van der Waals surface area contributed by atoms with Gasteiger partial charge in [-0.2, -0.15) is 0 Å². The minimum atomic E-state index is -3.57. The van der Waals surface area contributed by atoms with Crippen molar-refractivity contribution in [2.75, 3.05) is 26.0 Å². The lowest BCUT2D eigenvalue weighted by atomic mass is 10.1. The number of aromatic nitrogens is 1. The number of nitrogens with one attached hydrogen (secondary N) is 1. The molecule has 0 aliphatic heterocycles. The number of sulfonamides is 1. The summed E-state index contributed by atoms with van der Waals surface area (Å²) in [7, 11) is -0.654. The summed E-state index contributed by atoms with van der Waals surface area (Å²) in [5.41, 5.74) is 2.38. The Balaban J connectivity index is 1.75. The molecule has 1 aromatic heterocycles. The Morgan fingerprint density at radius 3 is 2.69 bits per heavy atom. The van der Waals surface area contributed by atoms with Gasteiger partial charge in [-0.15, -0.1) is 0 Å². The van der Waals surface area contributed by atoms with E-state index in [1.54, 1.807) is 12.1 Å². The monoisotopic (exact) mass is 389 g/mol. The largest absolute Gasteiger partial charge is 0.354 e. The molecule has 26 heavy (non-hydrogen) atoms. The lowest BCUT2D eigenvalue weighted by molar-refractivity contribution is 0.101. The molecule has 0 amide bonds. The van der Waals surface area contributed by atoms with Crippen LogP contribution in [0.4, 0.5) is 5.13 Å². The second-order valence-electron chi connectivity index (χ2n) is 6.08. The normalized spacial score (nSPS) is 11.8. The number of carbonyl (C=O) groups excluding carboxylic acids is 1. The third-order valence-corrected chi connectivity index (χ3v) is 6.67. The van der Waals surface area contributed by atoms with Crippen LogP contribution in [0.25, 0.3) is 10.2 Å². The minimum absolute atomic E-state index is 0.0459. The Bertz CT molecular complexity index is 1070. The quantitative estimate of drug-likeness (QED) is 0.655. The summed E-state index contributed by atoms with van der Waals surface area (Å²) in [6.07, 6.45) is 0. The van der Waals surface area contributed by atoms with E-state index in [9.17, 15) is 13.2 Å². The van der Waals surface area contributed by atoms with E-state index in [0.717, 1.165) is 20.1 Å². The van der Waals surface area contributed by atoms with Crippen molar-refractivity contribution in [1.29, 1.82) is 0 Å². The highest BCUT2D eigenvalue weighted by Crippen LogP contribution is 2.26. The van der Waals surface area contributed by atoms with Gasteiger partial charge in [-0.25, -0.2) is 17.7 Å². The third kappa shape index (κ3) is 3.77. The van der Waals surface area contributed by atoms with E-state index in [2.05, 4.69) is 16.4 Å². The molecule has 3 rings (SSSR count). The zero-order valence-corrected chi connectivity index (χ0v) is 16.3. The van der Waals surface area contributed by atoms with Gasteiger partial charge in [0.1, 0.15) is 0 Å². The fourth-order valence-electron chi connectivity index (χ4n) is 2.41. The third-order valence-electron chi connectivity index (χ3n) is 3.88. The van der Waals surface area contributed by atoms with Gasteiger partial charge in [-0.05, 0) is 36.8 Å². The number of ketones is 1. The van der Waals surface area contributed by atoms with E-state index < -0.39 is 10.0 Å². The van der Waals surface area contributed by atoms with Crippen molar-refractivity contribution in [3.63, 3.8) is 0 Å². The van der Waals surface area contributed by atoms with Crippen LogP contribution < -0.4 is 5.32 Å². The van der Waals surface area contributed by atoms with E-state index in [0.29, 0.717) is 10.7 Å². The molecule has 1 heterocycles. The molecule has 2 aromatic carbocycles. The topological polar surface area (TPSA) is 79.4 Å². The highest BCUT2D eigenvalue weighted by atomic mass is 32.2. The maximum Gasteiger partial charge on any atom is 0.242 e. The van der Waals surface area contributed by atoms with Crippen LogP contribution >= 0.6 is 11.3 Å². The highest BCUT2D eigenvalue weighted by molar-refractivity contribution is 7.89. The Morgan fingerprint density at radius 2 is 1.96 bits per heavy atom. The second kappa shape index (κ2) is 7.14. The first-order valence-electron chi connectivity index (χ1n) is 7.94. The Kier molecular flexibility index (Phi) is 5.08. The van der Waals surface area contributed by atoms with Crippen molar-refractivity contribution in [3.05, 3.63) is 53.6 Å². The zero-order chi connectivity index (χ0) is 18.9. The van der Waals surface area contributed by atoms with Crippen LogP contribution in [0.1, 0.15) is 15.9 Å². The van der Waals surface area contributed by atoms with Gasteiger partial charge < -0.3 is 5.32 Å². The molecule has 8 heteroatoms. The average Bonchev–Trinajstić information content (AvgIpc) is 3.01.